The van der Waals surface area contributed by atoms with Gasteiger partial charge in [0.2, 0.25) is 0 Å². The number of aliphatic hydroxyl groups is 1. The molecule has 2 aromatic rings. The third-order valence-corrected chi connectivity index (χ3v) is 5.04. The van der Waals surface area contributed by atoms with Crippen molar-refractivity contribution >= 4 is 11.8 Å². The van der Waals surface area contributed by atoms with Gasteiger partial charge in [-0.25, -0.2) is 4.39 Å². The molecular weight excluding hydrogens is 301 g/mol. The summed E-state index contributed by atoms with van der Waals surface area (Å²) in [5.41, 5.74) is 1.53. The maximum absolute atomic E-state index is 12.9. The third-order valence-electron chi connectivity index (χ3n) is 3.81. The average molecular weight is 321 g/mol. The Morgan fingerprint density at radius 1 is 1.32 bits per heavy atom. The average Bonchev–Trinajstić information content (AvgIpc) is 3.12. The van der Waals surface area contributed by atoms with Crippen LogP contribution in [0.25, 0.3) is 0 Å². The van der Waals surface area contributed by atoms with Crippen LogP contribution in [-0.2, 0) is 13.1 Å². The molecule has 0 unspecified atom stereocenters. The summed E-state index contributed by atoms with van der Waals surface area (Å²) in [5.74, 6) is 1.62. The molecule has 1 saturated heterocycles. The molecule has 0 bridgehead atoms. The molecule has 22 heavy (non-hydrogen) atoms. The number of rotatable bonds is 6. The molecule has 1 atom stereocenters. The van der Waals surface area contributed by atoms with Crippen LogP contribution in [0, 0.1) is 5.82 Å². The number of aromatic nitrogens is 2. The molecule has 118 valence electrons. The normalized spacial score (nSPS) is 21.4. The zero-order valence-electron chi connectivity index (χ0n) is 12.3. The minimum atomic E-state index is -0.561. The number of benzene rings is 1. The van der Waals surface area contributed by atoms with Gasteiger partial charge < -0.3 is 10.4 Å². The highest BCUT2D eigenvalue weighted by atomic mass is 32.2. The lowest BCUT2D eigenvalue weighted by molar-refractivity contribution is 0.0674. The molecule has 1 fully saturated rings. The van der Waals surface area contributed by atoms with Crippen molar-refractivity contribution in [3.63, 3.8) is 0 Å². The van der Waals surface area contributed by atoms with Crippen LogP contribution in [0.3, 0.4) is 0 Å². The quantitative estimate of drug-likeness (QED) is 0.855. The van der Waals surface area contributed by atoms with Crippen LogP contribution in [0.2, 0.25) is 0 Å². The van der Waals surface area contributed by atoms with Crippen LogP contribution in [0.4, 0.5) is 4.39 Å². The monoisotopic (exact) mass is 321 g/mol. The molecule has 0 spiro atoms. The van der Waals surface area contributed by atoms with Crippen molar-refractivity contribution in [2.45, 2.75) is 25.1 Å². The number of thioether (sulfide) groups is 1. The topological polar surface area (TPSA) is 50.1 Å². The number of nitrogens with one attached hydrogen (secondary N) is 1. The first-order chi connectivity index (χ1) is 10.6. The lowest BCUT2D eigenvalue weighted by Crippen LogP contribution is -2.40. The largest absolute Gasteiger partial charge is 0.388 e. The van der Waals surface area contributed by atoms with Gasteiger partial charge in [-0.05, 0) is 29.9 Å². The molecule has 3 rings (SSSR count). The summed E-state index contributed by atoms with van der Waals surface area (Å²) < 4.78 is 14.7. The zero-order chi connectivity index (χ0) is 15.4. The Morgan fingerprint density at radius 3 is 2.86 bits per heavy atom. The van der Waals surface area contributed by atoms with Crippen molar-refractivity contribution in [3.05, 3.63) is 53.6 Å². The molecule has 1 aliphatic rings. The molecule has 2 N–H and O–H groups in total. The Kier molecular flexibility index (Phi) is 4.81. The molecule has 1 aromatic carbocycles. The van der Waals surface area contributed by atoms with Crippen molar-refractivity contribution in [2.24, 2.45) is 0 Å². The zero-order valence-corrected chi connectivity index (χ0v) is 13.2. The molecule has 2 heterocycles. The van der Waals surface area contributed by atoms with Gasteiger partial charge in [0.25, 0.3) is 0 Å². The van der Waals surface area contributed by atoms with E-state index in [-0.39, 0.29) is 5.82 Å². The van der Waals surface area contributed by atoms with Crippen LogP contribution in [-0.4, -0.2) is 38.5 Å². The number of hydrogen-bond donors (Lipinski definition) is 2. The Bertz CT molecular complexity index is 608. The first-order valence-corrected chi connectivity index (χ1v) is 8.55. The smallest absolute Gasteiger partial charge is 0.123 e. The summed E-state index contributed by atoms with van der Waals surface area (Å²) in [6.45, 7) is 1.93. The van der Waals surface area contributed by atoms with E-state index < -0.39 is 5.60 Å². The summed E-state index contributed by atoms with van der Waals surface area (Å²) >= 11 is 1.80. The second-order valence-electron chi connectivity index (χ2n) is 5.80. The van der Waals surface area contributed by atoms with Gasteiger partial charge in [-0.2, -0.15) is 16.9 Å². The molecule has 0 amide bonds. The van der Waals surface area contributed by atoms with E-state index in [9.17, 15) is 9.50 Å². The van der Waals surface area contributed by atoms with E-state index in [1.54, 1.807) is 23.9 Å². The highest BCUT2D eigenvalue weighted by molar-refractivity contribution is 7.99. The van der Waals surface area contributed by atoms with E-state index in [0.29, 0.717) is 19.6 Å². The number of halogens is 1. The van der Waals surface area contributed by atoms with Gasteiger partial charge in [0.1, 0.15) is 5.82 Å². The van der Waals surface area contributed by atoms with E-state index in [0.717, 1.165) is 29.1 Å². The van der Waals surface area contributed by atoms with E-state index in [2.05, 4.69) is 10.4 Å². The lowest BCUT2D eigenvalue weighted by Gasteiger charge is -2.21. The highest BCUT2D eigenvalue weighted by Gasteiger charge is 2.30. The molecular formula is C16H20FN3OS. The van der Waals surface area contributed by atoms with Crippen molar-refractivity contribution in [1.29, 1.82) is 0 Å². The van der Waals surface area contributed by atoms with Crippen LogP contribution >= 0.6 is 11.8 Å². The van der Waals surface area contributed by atoms with Gasteiger partial charge in [0, 0.05) is 30.6 Å². The molecule has 4 nitrogen and oxygen atoms in total. The van der Waals surface area contributed by atoms with Gasteiger partial charge in [0.05, 0.1) is 18.3 Å². The van der Waals surface area contributed by atoms with Gasteiger partial charge in [-0.3, -0.25) is 4.68 Å². The maximum atomic E-state index is 12.9. The molecule has 0 saturated carbocycles. The minimum absolute atomic E-state index is 0.225. The predicted octanol–water partition coefficient (Wildman–Crippen LogP) is 2.03. The minimum Gasteiger partial charge on any atom is -0.388 e. The second-order valence-corrected chi connectivity index (χ2v) is 6.91. The fraction of sp³-hybridized carbons (Fsp3) is 0.438. The SMILES string of the molecule is O[C@@]1(CNCc2cnn(Cc3ccc(F)cc3)c2)CCSC1. The van der Waals surface area contributed by atoms with Gasteiger partial charge in [-0.15, -0.1) is 0 Å². The Labute approximate surface area is 133 Å². The van der Waals surface area contributed by atoms with Crippen molar-refractivity contribution in [2.75, 3.05) is 18.1 Å². The Balaban J connectivity index is 1.49. The summed E-state index contributed by atoms with van der Waals surface area (Å²) in [5, 5.41) is 17.9. The van der Waals surface area contributed by atoms with Crippen molar-refractivity contribution < 1.29 is 9.50 Å². The highest BCUT2D eigenvalue weighted by Crippen LogP contribution is 2.26. The second kappa shape index (κ2) is 6.81. The van der Waals surface area contributed by atoms with Crippen molar-refractivity contribution in [3.8, 4) is 0 Å². The number of hydrogen-bond acceptors (Lipinski definition) is 4. The first kappa shape index (κ1) is 15.5. The fourth-order valence-corrected chi connectivity index (χ4v) is 3.83. The fourth-order valence-electron chi connectivity index (χ4n) is 2.54. The van der Waals surface area contributed by atoms with Crippen LogP contribution in [0.15, 0.2) is 36.7 Å². The Morgan fingerprint density at radius 2 is 2.14 bits per heavy atom. The third kappa shape index (κ3) is 4.09. The van der Waals surface area contributed by atoms with E-state index in [1.807, 2.05) is 17.1 Å². The number of nitrogens with zero attached hydrogens (tertiary/aromatic N) is 2. The van der Waals surface area contributed by atoms with Gasteiger partial charge >= 0.3 is 0 Å². The van der Waals surface area contributed by atoms with E-state index in [4.69, 9.17) is 0 Å². The standard InChI is InChI=1S/C16H20FN3OS/c17-15-3-1-13(2-4-15)9-20-10-14(8-19-20)7-18-11-16(21)5-6-22-12-16/h1-4,8,10,18,21H,5-7,9,11-12H2/t16-/m1/s1. The summed E-state index contributed by atoms with van der Waals surface area (Å²) in [6, 6.07) is 6.45. The Hall–Kier alpha value is -1.37. The van der Waals surface area contributed by atoms with Crippen LogP contribution in [0.1, 0.15) is 17.5 Å². The molecule has 0 aliphatic carbocycles. The lowest BCUT2D eigenvalue weighted by atomic mass is 10.0. The van der Waals surface area contributed by atoms with Crippen molar-refractivity contribution in [1.82, 2.24) is 15.1 Å². The molecule has 1 aromatic heterocycles. The van der Waals surface area contributed by atoms with E-state index in [1.165, 1.54) is 12.1 Å². The van der Waals surface area contributed by atoms with E-state index >= 15 is 0 Å². The maximum Gasteiger partial charge on any atom is 0.123 e. The van der Waals surface area contributed by atoms with Gasteiger partial charge in [-0.1, -0.05) is 12.1 Å². The van der Waals surface area contributed by atoms with Crippen LogP contribution < -0.4 is 5.32 Å². The van der Waals surface area contributed by atoms with Gasteiger partial charge in [0.15, 0.2) is 0 Å². The summed E-state index contributed by atoms with van der Waals surface area (Å²) in [4.78, 5) is 0. The summed E-state index contributed by atoms with van der Waals surface area (Å²) in [6.07, 6.45) is 4.66. The molecule has 6 heteroatoms. The first-order valence-electron chi connectivity index (χ1n) is 7.40. The summed E-state index contributed by atoms with van der Waals surface area (Å²) in [7, 11) is 0. The molecule has 1 aliphatic heterocycles. The van der Waals surface area contributed by atoms with Crippen LogP contribution in [0.5, 0.6) is 0 Å². The predicted molar refractivity (Wildman–Crippen MR) is 86.3 cm³/mol. The molecule has 0 radical (unpaired) electrons.